The van der Waals surface area contributed by atoms with E-state index in [1.54, 1.807) is 6.20 Å². The second-order valence-electron chi connectivity index (χ2n) is 7.72. The van der Waals surface area contributed by atoms with Crippen molar-refractivity contribution in [2.24, 2.45) is 0 Å². The third kappa shape index (κ3) is 4.04. The number of hydrogen-bond donors (Lipinski definition) is 0. The lowest BCUT2D eigenvalue weighted by Crippen LogP contribution is -2.58. The topological polar surface area (TPSA) is 92.4 Å². The van der Waals surface area contributed by atoms with Crippen LogP contribution in [-0.4, -0.2) is 70.0 Å². The smallest absolute Gasteiger partial charge is 0.229 e. The molecule has 146 valence electrons. The lowest BCUT2D eigenvalue weighted by Gasteiger charge is -2.43. The third-order valence-electron chi connectivity index (χ3n) is 5.34. The third-order valence-corrected chi connectivity index (χ3v) is 7.04. The molecule has 0 spiro atoms. The average molecular weight is 391 g/mol. The average Bonchev–Trinajstić information content (AvgIpc) is 3.22. The van der Waals surface area contributed by atoms with Gasteiger partial charge < -0.3 is 4.52 Å². The van der Waals surface area contributed by atoms with Crippen LogP contribution in [0.15, 0.2) is 29.0 Å². The number of rotatable bonds is 5. The fourth-order valence-corrected chi connectivity index (χ4v) is 6.01. The van der Waals surface area contributed by atoms with E-state index in [1.807, 2.05) is 32.2 Å². The second kappa shape index (κ2) is 7.29. The Balaban J connectivity index is 1.51. The molecule has 0 aromatic carbocycles. The molecule has 9 heteroatoms. The minimum atomic E-state index is -3.05. The van der Waals surface area contributed by atoms with E-state index in [2.05, 4.69) is 24.9 Å². The highest BCUT2D eigenvalue weighted by molar-refractivity contribution is 7.91. The highest BCUT2D eigenvalue weighted by Crippen LogP contribution is 2.29. The number of hydrogen-bond acceptors (Lipinski definition) is 8. The maximum absolute atomic E-state index is 12.4. The van der Waals surface area contributed by atoms with Crippen molar-refractivity contribution >= 4 is 9.84 Å². The molecule has 2 aromatic heterocycles. The van der Waals surface area contributed by atoms with E-state index in [0.717, 1.165) is 25.2 Å². The van der Waals surface area contributed by atoms with Gasteiger partial charge >= 0.3 is 0 Å². The number of piperazine rings is 1. The Hall–Kier alpha value is -1.84. The van der Waals surface area contributed by atoms with Gasteiger partial charge in [0.15, 0.2) is 15.7 Å². The van der Waals surface area contributed by atoms with Gasteiger partial charge in [-0.15, -0.1) is 0 Å². The number of pyridine rings is 1. The van der Waals surface area contributed by atoms with Gasteiger partial charge in [0.2, 0.25) is 5.89 Å². The van der Waals surface area contributed by atoms with Gasteiger partial charge in [0, 0.05) is 50.0 Å². The van der Waals surface area contributed by atoms with Crippen LogP contribution in [0.25, 0.3) is 0 Å². The summed E-state index contributed by atoms with van der Waals surface area (Å²) in [5, 5.41) is 4.07. The normalized spacial score (nSPS) is 25.7. The molecule has 0 saturated carbocycles. The summed E-state index contributed by atoms with van der Waals surface area (Å²) in [7, 11) is -3.05. The molecule has 2 saturated heterocycles. The van der Waals surface area contributed by atoms with Crippen molar-refractivity contribution in [1.29, 1.82) is 0 Å². The first-order chi connectivity index (χ1) is 12.9. The van der Waals surface area contributed by atoms with Gasteiger partial charge in [-0.05, 0) is 11.6 Å². The Bertz CT molecular complexity index is 883. The Morgan fingerprint density at radius 1 is 1.19 bits per heavy atom. The van der Waals surface area contributed by atoms with Crippen LogP contribution in [0.5, 0.6) is 0 Å². The minimum absolute atomic E-state index is 0.0135. The monoisotopic (exact) mass is 391 g/mol. The van der Waals surface area contributed by atoms with Gasteiger partial charge in [-0.3, -0.25) is 14.8 Å². The van der Waals surface area contributed by atoms with Gasteiger partial charge in [0.05, 0.1) is 18.1 Å². The second-order valence-corrected chi connectivity index (χ2v) is 9.87. The summed E-state index contributed by atoms with van der Waals surface area (Å²) in [4.78, 5) is 13.1. The molecule has 2 fully saturated rings. The van der Waals surface area contributed by atoms with Crippen molar-refractivity contribution in [2.45, 2.75) is 44.9 Å². The molecule has 0 bridgehead atoms. The predicted molar refractivity (Wildman–Crippen MR) is 99.7 cm³/mol. The van der Waals surface area contributed by atoms with Gasteiger partial charge in [-0.25, -0.2) is 8.42 Å². The van der Waals surface area contributed by atoms with E-state index < -0.39 is 9.84 Å². The maximum atomic E-state index is 12.4. The van der Waals surface area contributed by atoms with Crippen molar-refractivity contribution < 1.29 is 12.9 Å². The molecule has 4 rings (SSSR count). The largest absolute Gasteiger partial charge is 0.339 e. The Morgan fingerprint density at radius 2 is 1.89 bits per heavy atom. The van der Waals surface area contributed by atoms with Gasteiger partial charge in [0.25, 0.3) is 0 Å². The van der Waals surface area contributed by atoms with Crippen molar-refractivity contribution in [3.8, 4) is 0 Å². The standard InChI is InChI=1S/C18H25N5O3S/c1-13(2)18-20-17(21-26-18)10-23-7-6-22(9-14-4-3-5-19-8-14)15-11-27(24,25)12-16(15)23/h3-5,8,13,15-16H,6-7,9-12H2,1-2H3/t15-,16+/m1/s1. The first-order valence-electron chi connectivity index (χ1n) is 9.31. The summed E-state index contributed by atoms with van der Waals surface area (Å²) in [6, 6.07) is 3.89. The molecule has 4 heterocycles. The van der Waals surface area contributed by atoms with Gasteiger partial charge in [0.1, 0.15) is 0 Å². The van der Waals surface area contributed by atoms with Crippen LogP contribution >= 0.6 is 0 Å². The minimum Gasteiger partial charge on any atom is -0.339 e. The van der Waals surface area contributed by atoms with Gasteiger partial charge in [-0.2, -0.15) is 4.98 Å². The van der Waals surface area contributed by atoms with Crippen molar-refractivity contribution in [3.05, 3.63) is 41.8 Å². The molecule has 2 atom stereocenters. The zero-order valence-electron chi connectivity index (χ0n) is 15.7. The molecule has 2 aliphatic rings. The molecule has 2 aliphatic heterocycles. The van der Waals surface area contributed by atoms with E-state index in [-0.39, 0.29) is 29.5 Å². The number of sulfone groups is 1. The molecular weight excluding hydrogens is 366 g/mol. The molecule has 2 aromatic rings. The van der Waals surface area contributed by atoms with E-state index in [4.69, 9.17) is 4.52 Å². The van der Waals surface area contributed by atoms with Crippen molar-refractivity contribution in [1.82, 2.24) is 24.9 Å². The fourth-order valence-electron chi connectivity index (χ4n) is 3.96. The quantitative estimate of drug-likeness (QED) is 0.747. The first-order valence-corrected chi connectivity index (χ1v) is 11.1. The van der Waals surface area contributed by atoms with E-state index in [9.17, 15) is 8.42 Å². The molecule has 27 heavy (non-hydrogen) atoms. The lowest BCUT2D eigenvalue weighted by molar-refractivity contribution is 0.0335. The zero-order valence-corrected chi connectivity index (χ0v) is 16.5. The van der Waals surface area contributed by atoms with E-state index >= 15 is 0 Å². The van der Waals surface area contributed by atoms with E-state index in [1.165, 1.54) is 0 Å². The van der Waals surface area contributed by atoms with E-state index in [0.29, 0.717) is 18.3 Å². The molecule has 0 N–H and O–H groups in total. The molecule has 8 nitrogen and oxygen atoms in total. The van der Waals surface area contributed by atoms with Gasteiger partial charge in [-0.1, -0.05) is 25.1 Å². The zero-order chi connectivity index (χ0) is 19.0. The summed E-state index contributed by atoms with van der Waals surface area (Å²) in [5.41, 5.74) is 1.11. The predicted octanol–water partition coefficient (Wildman–Crippen LogP) is 1.07. The molecule has 0 unspecified atom stereocenters. The van der Waals surface area contributed by atoms with Crippen molar-refractivity contribution in [3.63, 3.8) is 0 Å². The van der Waals surface area contributed by atoms with Crippen LogP contribution in [0.4, 0.5) is 0 Å². The number of aromatic nitrogens is 3. The first kappa shape index (κ1) is 18.5. The molecule has 0 aliphatic carbocycles. The fraction of sp³-hybridized carbons (Fsp3) is 0.611. The maximum Gasteiger partial charge on any atom is 0.229 e. The number of nitrogens with zero attached hydrogens (tertiary/aromatic N) is 5. The summed E-state index contributed by atoms with van der Waals surface area (Å²) < 4.78 is 30.0. The number of fused-ring (bicyclic) bond motifs is 1. The van der Waals surface area contributed by atoms with Crippen LogP contribution in [-0.2, 0) is 22.9 Å². The Morgan fingerprint density at radius 3 is 2.48 bits per heavy atom. The Kier molecular flexibility index (Phi) is 5.00. The van der Waals surface area contributed by atoms with Crippen LogP contribution in [0, 0.1) is 0 Å². The van der Waals surface area contributed by atoms with Crippen LogP contribution < -0.4 is 0 Å². The molecule has 0 amide bonds. The summed E-state index contributed by atoms with van der Waals surface area (Å²) in [6.45, 7) is 6.84. The summed E-state index contributed by atoms with van der Waals surface area (Å²) in [5.74, 6) is 1.83. The summed E-state index contributed by atoms with van der Waals surface area (Å²) >= 11 is 0. The highest BCUT2D eigenvalue weighted by atomic mass is 32.2. The summed E-state index contributed by atoms with van der Waals surface area (Å²) in [6.07, 6.45) is 3.60. The van der Waals surface area contributed by atoms with Crippen LogP contribution in [0.3, 0.4) is 0 Å². The van der Waals surface area contributed by atoms with Crippen LogP contribution in [0.1, 0.15) is 37.0 Å². The lowest BCUT2D eigenvalue weighted by atomic mass is 10.0. The molecular formula is C18H25N5O3S. The SMILES string of the molecule is CC(C)c1nc(CN2CCN(Cc3cccnc3)[C@@H]3CS(=O)(=O)C[C@@H]32)no1. The molecule has 0 radical (unpaired) electrons. The van der Waals surface area contributed by atoms with Crippen LogP contribution in [0.2, 0.25) is 0 Å². The Labute approximate surface area is 159 Å². The van der Waals surface area contributed by atoms with Crippen molar-refractivity contribution in [2.75, 3.05) is 24.6 Å². The highest BCUT2D eigenvalue weighted by Gasteiger charge is 2.46.